The van der Waals surface area contributed by atoms with Crippen molar-refractivity contribution in [2.75, 3.05) is 31.1 Å². The number of rotatable bonds is 7. The van der Waals surface area contributed by atoms with Crippen LogP contribution in [0.25, 0.3) is 0 Å². The summed E-state index contributed by atoms with van der Waals surface area (Å²) in [5.41, 5.74) is 0.402. The Balaban J connectivity index is 1.89. The number of carbonyl (C=O) groups is 1. The molecule has 2 rings (SSSR count). The minimum absolute atomic E-state index is 0.0786. The van der Waals surface area contributed by atoms with Crippen molar-refractivity contribution >= 4 is 17.6 Å². The maximum atomic E-state index is 14.0. The minimum atomic E-state index is -0.581. The second kappa shape index (κ2) is 10.1. The van der Waals surface area contributed by atoms with E-state index in [1.54, 1.807) is 0 Å². The van der Waals surface area contributed by atoms with Crippen molar-refractivity contribution in [1.29, 1.82) is 0 Å². The highest BCUT2D eigenvalue weighted by Gasteiger charge is 2.25. The van der Waals surface area contributed by atoms with Crippen LogP contribution in [0.1, 0.15) is 33.6 Å². The predicted molar refractivity (Wildman–Crippen MR) is 102 cm³/mol. The molecule has 0 radical (unpaired) electrons. The molecule has 1 aliphatic heterocycles. The first-order chi connectivity index (χ1) is 12.9. The molecular formula is C19H28F2N4O2. The molecule has 1 aromatic carbocycles. The second-order valence-corrected chi connectivity index (χ2v) is 6.72. The largest absolute Gasteiger partial charge is 0.463 e. The molecule has 1 atom stereocenters. The van der Waals surface area contributed by atoms with Crippen LogP contribution in [-0.4, -0.2) is 50.3 Å². The molecule has 0 aliphatic carbocycles. The fourth-order valence-corrected chi connectivity index (χ4v) is 2.93. The van der Waals surface area contributed by atoms with E-state index in [2.05, 4.69) is 15.6 Å². The average molecular weight is 382 g/mol. The van der Waals surface area contributed by atoms with Gasteiger partial charge in [-0.1, -0.05) is 0 Å². The Labute approximate surface area is 159 Å². The van der Waals surface area contributed by atoms with Gasteiger partial charge in [0.15, 0.2) is 5.96 Å². The molecule has 0 aromatic heterocycles. The third-order valence-electron chi connectivity index (χ3n) is 4.08. The normalized spacial score (nSPS) is 17.3. The lowest BCUT2D eigenvalue weighted by atomic mass is 10.2. The third kappa shape index (κ3) is 6.69. The van der Waals surface area contributed by atoms with Gasteiger partial charge in [-0.05, 0) is 39.3 Å². The number of nitrogens with one attached hydrogen (secondary N) is 2. The first-order valence-electron chi connectivity index (χ1n) is 9.33. The zero-order valence-electron chi connectivity index (χ0n) is 16.1. The molecule has 1 unspecified atom stereocenters. The number of esters is 1. The fourth-order valence-electron chi connectivity index (χ4n) is 2.93. The SMILES string of the molecule is CCNC(=NCCC(=O)OC(C)C)NC1CCN(c2ccc(F)cc2F)C1. The first-order valence-corrected chi connectivity index (χ1v) is 9.33. The van der Waals surface area contributed by atoms with E-state index in [-0.39, 0.29) is 24.5 Å². The Morgan fingerprint density at radius 1 is 1.41 bits per heavy atom. The Bertz CT molecular complexity index is 667. The number of guanidine groups is 1. The van der Waals surface area contributed by atoms with Crippen molar-refractivity contribution in [1.82, 2.24) is 10.6 Å². The molecule has 8 heteroatoms. The van der Waals surface area contributed by atoms with Crippen LogP contribution in [0.4, 0.5) is 14.5 Å². The van der Waals surface area contributed by atoms with Gasteiger partial charge in [-0.15, -0.1) is 0 Å². The van der Waals surface area contributed by atoms with Gasteiger partial charge in [-0.2, -0.15) is 0 Å². The van der Waals surface area contributed by atoms with Gasteiger partial charge in [0.2, 0.25) is 0 Å². The number of ether oxygens (including phenoxy) is 1. The summed E-state index contributed by atoms with van der Waals surface area (Å²) in [6.45, 7) is 7.84. The topological polar surface area (TPSA) is 66.0 Å². The van der Waals surface area contributed by atoms with Crippen molar-refractivity contribution in [3.8, 4) is 0 Å². The van der Waals surface area contributed by atoms with Gasteiger partial charge in [0, 0.05) is 31.7 Å². The number of benzene rings is 1. The number of aliphatic imine (C=N–C) groups is 1. The molecule has 0 bridgehead atoms. The molecular weight excluding hydrogens is 354 g/mol. The molecule has 2 N–H and O–H groups in total. The fraction of sp³-hybridized carbons (Fsp3) is 0.579. The lowest BCUT2D eigenvalue weighted by Gasteiger charge is -2.21. The quantitative estimate of drug-likeness (QED) is 0.431. The number of anilines is 1. The van der Waals surface area contributed by atoms with Crippen LogP contribution in [0.15, 0.2) is 23.2 Å². The van der Waals surface area contributed by atoms with Crippen LogP contribution in [0.5, 0.6) is 0 Å². The van der Waals surface area contributed by atoms with Crippen molar-refractivity contribution < 1.29 is 18.3 Å². The Kier molecular flexibility index (Phi) is 7.82. The Morgan fingerprint density at radius 3 is 2.85 bits per heavy atom. The lowest BCUT2D eigenvalue weighted by molar-refractivity contribution is -0.147. The smallest absolute Gasteiger partial charge is 0.307 e. The van der Waals surface area contributed by atoms with Gasteiger partial charge in [0.1, 0.15) is 11.6 Å². The van der Waals surface area contributed by atoms with Crippen LogP contribution in [0.3, 0.4) is 0 Å². The molecule has 0 amide bonds. The summed E-state index contributed by atoms with van der Waals surface area (Å²) in [5.74, 6) is -0.799. The van der Waals surface area contributed by atoms with Gasteiger partial charge in [-0.25, -0.2) is 8.78 Å². The van der Waals surface area contributed by atoms with Gasteiger partial charge in [0.25, 0.3) is 0 Å². The Hall–Kier alpha value is -2.38. The van der Waals surface area contributed by atoms with Crippen molar-refractivity contribution in [2.24, 2.45) is 4.99 Å². The van der Waals surface area contributed by atoms with Crippen molar-refractivity contribution in [2.45, 2.75) is 45.8 Å². The zero-order valence-corrected chi connectivity index (χ0v) is 16.1. The molecule has 0 saturated carbocycles. The molecule has 0 spiro atoms. The maximum absolute atomic E-state index is 14.0. The highest BCUT2D eigenvalue weighted by molar-refractivity contribution is 5.80. The molecule has 1 aliphatic rings. The van der Waals surface area contributed by atoms with Crippen LogP contribution in [0, 0.1) is 11.6 Å². The minimum Gasteiger partial charge on any atom is -0.463 e. The molecule has 1 aromatic rings. The van der Waals surface area contributed by atoms with E-state index >= 15 is 0 Å². The van der Waals surface area contributed by atoms with Crippen LogP contribution >= 0.6 is 0 Å². The number of carbonyl (C=O) groups excluding carboxylic acids is 1. The van der Waals surface area contributed by atoms with Crippen LogP contribution in [-0.2, 0) is 9.53 Å². The summed E-state index contributed by atoms with van der Waals surface area (Å²) in [5, 5.41) is 6.45. The van der Waals surface area contributed by atoms with E-state index in [1.165, 1.54) is 12.1 Å². The molecule has 1 fully saturated rings. The summed E-state index contributed by atoms with van der Waals surface area (Å²) in [6, 6.07) is 3.71. The van der Waals surface area contributed by atoms with Crippen molar-refractivity contribution in [3.63, 3.8) is 0 Å². The van der Waals surface area contributed by atoms with Gasteiger partial charge >= 0.3 is 5.97 Å². The first kappa shape index (κ1) is 20.9. The average Bonchev–Trinajstić information content (AvgIpc) is 3.02. The highest BCUT2D eigenvalue weighted by Crippen LogP contribution is 2.24. The summed E-state index contributed by atoms with van der Waals surface area (Å²) in [6.07, 6.45) is 0.882. The monoisotopic (exact) mass is 382 g/mol. The van der Waals surface area contributed by atoms with Crippen LogP contribution < -0.4 is 15.5 Å². The molecule has 6 nitrogen and oxygen atoms in total. The maximum Gasteiger partial charge on any atom is 0.307 e. The lowest BCUT2D eigenvalue weighted by Crippen LogP contribution is -2.44. The standard InChI is InChI=1S/C19H28F2N4O2/c1-4-22-19(23-9-7-18(26)27-13(2)3)24-15-8-10-25(12-15)17-6-5-14(20)11-16(17)21/h5-6,11,13,15H,4,7-10,12H2,1-3H3,(H2,22,23,24). The predicted octanol–water partition coefficient (Wildman–Crippen LogP) is 2.44. The van der Waals surface area contributed by atoms with E-state index in [0.29, 0.717) is 37.8 Å². The van der Waals surface area contributed by atoms with Gasteiger partial charge < -0.3 is 20.3 Å². The number of hydrogen-bond acceptors (Lipinski definition) is 4. The molecule has 1 saturated heterocycles. The summed E-state index contributed by atoms with van der Waals surface area (Å²) in [7, 11) is 0. The van der Waals surface area contributed by atoms with E-state index in [4.69, 9.17) is 4.74 Å². The summed E-state index contributed by atoms with van der Waals surface area (Å²) >= 11 is 0. The van der Waals surface area contributed by atoms with E-state index < -0.39 is 11.6 Å². The highest BCUT2D eigenvalue weighted by atomic mass is 19.1. The number of hydrogen-bond donors (Lipinski definition) is 2. The van der Waals surface area contributed by atoms with Crippen molar-refractivity contribution in [3.05, 3.63) is 29.8 Å². The van der Waals surface area contributed by atoms with E-state index in [9.17, 15) is 13.6 Å². The van der Waals surface area contributed by atoms with Crippen LogP contribution in [0.2, 0.25) is 0 Å². The number of nitrogens with zero attached hydrogens (tertiary/aromatic N) is 2. The molecule has 1 heterocycles. The third-order valence-corrected chi connectivity index (χ3v) is 4.08. The molecule has 150 valence electrons. The zero-order chi connectivity index (χ0) is 19.8. The Morgan fingerprint density at radius 2 is 2.19 bits per heavy atom. The second-order valence-electron chi connectivity index (χ2n) is 6.72. The van der Waals surface area contributed by atoms with Gasteiger partial charge in [-0.3, -0.25) is 9.79 Å². The van der Waals surface area contributed by atoms with Gasteiger partial charge in [0.05, 0.1) is 24.8 Å². The summed E-state index contributed by atoms with van der Waals surface area (Å²) in [4.78, 5) is 17.9. The number of halogens is 2. The summed E-state index contributed by atoms with van der Waals surface area (Å²) < 4.78 is 32.1. The molecule has 27 heavy (non-hydrogen) atoms. The van der Waals surface area contributed by atoms with E-state index in [0.717, 1.165) is 12.5 Å². The van der Waals surface area contributed by atoms with E-state index in [1.807, 2.05) is 25.7 Å².